The third-order valence-electron chi connectivity index (χ3n) is 10.7. The van der Waals surface area contributed by atoms with Crippen LogP contribution in [0.15, 0.2) is 72.9 Å². The number of hydrogen-bond acceptors (Lipinski definition) is 12. The molecule has 366 valence electrons. The van der Waals surface area contributed by atoms with Gasteiger partial charge in [0.05, 0.1) is 46.1 Å². The number of quaternary nitrogens is 1. The fourth-order valence-corrected chi connectivity index (χ4v) is 7.60. The number of phosphoric acid groups is 1. The molecule has 0 aromatic rings. The van der Waals surface area contributed by atoms with Crippen molar-refractivity contribution >= 4 is 25.5 Å². The van der Waals surface area contributed by atoms with Crippen LogP contribution < -0.4 is 4.89 Å². The number of nitrogens with zero attached hydrogens (tertiary/aromatic N) is 1. The van der Waals surface area contributed by atoms with E-state index in [1.54, 1.807) is 12.2 Å². The van der Waals surface area contributed by atoms with E-state index in [4.69, 9.17) is 18.5 Å². The summed E-state index contributed by atoms with van der Waals surface area (Å²) in [5.41, 5.74) is 0. The Balaban J connectivity index is 2.55. The number of hydrogen-bond donors (Lipinski definition) is 3. The second-order valence-corrected chi connectivity index (χ2v) is 19.1. The van der Waals surface area contributed by atoms with E-state index in [0.29, 0.717) is 36.7 Å². The van der Waals surface area contributed by atoms with Crippen LogP contribution >= 0.6 is 7.82 Å². The first-order valence-corrected chi connectivity index (χ1v) is 25.3. The quantitative estimate of drug-likeness (QED) is 0.0176. The summed E-state index contributed by atoms with van der Waals surface area (Å²) in [7, 11) is 0.888. The Labute approximate surface area is 385 Å². The van der Waals surface area contributed by atoms with Crippen LogP contribution in [0.3, 0.4) is 0 Å². The van der Waals surface area contributed by atoms with Gasteiger partial charge in [-0.1, -0.05) is 119 Å². The normalized spacial score (nSPS) is 20.4. The fourth-order valence-electron chi connectivity index (χ4n) is 6.87. The molecule has 0 aromatic heterocycles. The van der Waals surface area contributed by atoms with Gasteiger partial charge in [-0.05, 0) is 64.2 Å². The molecule has 1 unspecified atom stereocenters. The molecule has 64 heavy (non-hydrogen) atoms. The molecule has 1 aliphatic carbocycles. The number of carbonyl (C=O) groups excluding carboxylic acids is 3. The number of phosphoric ester groups is 1. The third kappa shape index (κ3) is 32.6. The molecule has 0 saturated heterocycles. The minimum Gasteiger partial charge on any atom is -0.756 e. The predicted octanol–water partition coefficient (Wildman–Crippen LogP) is 8.73. The molecule has 1 fully saturated rings. The molecule has 1 saturated carbocycles. The molecule has 0 aromatic carbocycles. The molecule has 14 heteroatoms. The molecule has 0 bridgehead atoms. The number of aliphatic hydroxyl groups excluding tert-OH is 3. The highest BCUT2D eigenvalue weighted by molar-refractivity contribution is 7.45. The summed E-state index contributed by atoms with van der Waals surface area (Å²) in [5.74, 6) is -2.27. The van der Waals surface area contributed by atoms with Gasteiger partial charge in [-0.15, -0.1) is 0 Å². The summed E-state index contributed by atoms with van der Waals surface area (Å²) >= 11 is 0. The lowest BCUT2D eigenvalue weighted by atomic mass is 9.87. The van der Waals surface area contributed by atoms with E-state index in [9.17, 15) is 39.2 Å². The number of Topliss-reactive ketones (excluding diaryl/α,β-unsaturated/α-hetero) is 1. The maximum absolute atomic E-state index is 12.9. The molecule has 1 aliphatic rings. The third-order valence-corrected chi connectivity index (χ3v) is 11.7. The summed E-state index contributed by atoms with van der Waals surface area (Å²) in [6.45, 7) is 3.55. The van der Waals surface area contributed by atoms with Gasteiger partial charge in [0.15, 0.2) is 6.10 Å². The first-order valence-electron chi connectivity index (χ1n) is 23.8. The Morgan fingerprint density at radius 2 is 1.30 bits per heavy atom. The van der Waals surface area contributed by atoms with E-state index in [1.165, 1.54) is 19.3 Å². The van der Waals surface area contributed by atoms with Crippen LogP contribution in [-0.4, -0.2) is 109 Å². The van der Waals surface area contributed by atoms with E-state index < -0.39 is 69.2 Å². The van der Waals surface area contributed by atoms with Gasteiger partial charge in [-0.2, -0.15) is 0 Å². The molecule has 0 radical (unpaired) electrons. The monoisotopic (exact) mass is 922 g/mol. The van der Waals surface area contributed by atoms with Crippen molar-refractivity contribution < 1.29 is 62.2 Å². The maximum Gasteiger partial charge on any atom is 0.306 e. The number of ether oxygens (including phenoxy) is 2. The topological polar surface area (TPSA) is 189 Å². The molecular weight excluding hydrogens is 838 g/mol. The van der Waals surface area contributed by atoms with Crippen LogP contribution in [0.25, 0.3) is 0 Å². The largest absolute Gasteiger partial charge is 0.756 e. The lowest BCUT2D eigenvalue weighted by molar-refractivity contribution is -0.870. The van der Waals surface area contributed by atoms with Crippen molar-refractivity contribution in [1.29, 1.82) is 0 Å². The molecule has 0 aliphatic heterocycles. The zero-order chi connectivity index (χ0) is 47.5. The Morgan fingerprint density at radius 3 is 1.91 bits per heavy atom. The van der Waals surface area contributed by atoms with Crippen molar-refractivity contribution in [3.63, 3.8) is 0 Å². The molecule has 3 N–H and O–H groups in total. The summed E-state index contributed by atoms with van der Waals surface area (Å²) in [5, 5.41) is 31.4. The van der Waals surface area contributed by atoms with E-state index in [0.717, 1.165) is 51.4 Å². The molecule has 0 spiro atoms. The standard InChI is InChI=1S/C50H84NO12P/c1-6-8-10-11-12-13-14-15-16-17-18-19-20-21-22-23-24-25-27-32-49(56)60-40-44(41-62-64(58,59)61-37-36-51(3,4)5)63-50(57)33-29-28-31-43(53)38-46-45(47(54)39-48(46)55)35-34-42(52)30-26-9-7-2/h12-13,15-16,18-19,21-22,24-25,34-35,42,44-48,52,54-55H,6-11,14,17,20,23,26-33,36-41H2,1-5H3/b13-12-,16-15-,19-18-,22-21-,25-24-,35-34+/t42-,44+,45+,46+,47+,48-/m0/s1. The number of esters is 2. The van der Waals surface area contributed by atoms with E-state index >= 15 is 0 Å². The van der Waals surface area contributed by atoms with Gasteiger partial charge in [-0.3, -0.25) is 18.9 Å². The van der Waals surface area contributed by atoms with Crippen molar-refractivity contribution in [2.45, 2.75) is 167 Å². The number of ketones is 1. The number of likely N-dealkylation sites (N-methyl/N-ethyl adjacent to an activating group) is 1. The summed E-state index contributed by atoms with van der Waals surface area (Å²) in [6.07, 6.45) is 34.3. The summed E-state index contributed by atoms with van der Waals surface area (Å²) < 4.78 is 33.7. The van der Waals surface area contributed by atoms with Crippen LogP contribution in [0.2, 0.25) is 0 Å². The van der Waals surface area contributed by atoms with Gasteiger partial charge >= 0.3 is 11.9 Å². The molecule has 1 rings (SSSR count). The SMILES string of the molecule is CCCCC/C=C\C/C=C\C/C=C\C/C=C\C/C=C\CCC(=O)OC[C@H](COP(=O)([O-])OCC[N+](C)(C)C)OC(=O)CCCCC(=O)C[C@@H]1[C@@H](/C=C/[C@@H](O)CCCCC)[C@H](O)C[C@@H]1O. The first-order chi connectivity index (χ1) is 30.6. The Hall–Kier alpha value is -3.00. The van der Waals surface area contributed by atoms with Crippen molar-refractivity contribution in [1.82, 2.24) is 0 Å². The van der Waals surface area contributed by atoms with Crippen LogP contribution in [0, 0.1) is 11.8 Å². The van der Waals surface area contributed by atoms with Gasteiger partial charge in [0.2, 0.25) is 0 Å². The average molecular weight is 922 g/mol. The fraction of sp³-hybridized carbons (Fsp3) is 0.700. The molecule has 0 amide bonds. The first kappa shape index (κ1) is 59.0. The van der Waals surface area contributed by atoms with Gasteiger partial charge in [0.25, 0.3) is 7.82 Å². The number of aliphatic hydroxyl groups is 3. The Bertz CT molecular complexity index is 1500. The molecule has 7 atom stereocenters. The smallest absolute Gasteiger partial charge is 0.306 e. The van der Waals surface area contributed by atoms with Gasteiger partial charge in [0.1, 0.15) is 25.5 Å². The summed E-state index contributed by atoms with van der Waals surface area (Å²) in [4.78, 5) is 50.7. The highest BCUT2D eigenvalue weighted by Crippen LogP contribution is 2.39. The van der Waals surface area contributed by atoms with Crippen molar-refractivity contribution in [3.05, 3.63) is 72.9 Å². The highest BCUT2D eigenvalue weighted by atomic mass is 31.2. The highest BCUT2D eigenvalue weighted by Gasteiger charge is 2.41. The van der Waals surface area contributed by atoms with E-state index in [1.807, 2.05) is 33.3 Å². The molecular formula is C50H84NO12P. The van der Waals surface area contributed by atoms with Crippen molar-refractivity contribution in [2.24, 2.45) is 11.8 Å². The Morgan fingerprint density at radius 1 is 0.719 bits per heavy atom. The van der Waals surface area contributed by atoms with E-state index in [2.05, 4.69) is 62.5 Å². The van der Waals surface area contributed by atoms with Crippen LogP contribution in [0.1, 0.15) is 142 Å². The van der Waals surface area contributed by atoms with E-state index in [-0.39, 0.29) is 44.5 Å². The van der Waals surface area contributed by atoms with Gasteiger partial charge < -0.3 is 43.2 Å². The lowest BCUT2D eigenvalue weighted by Crippen LogP contribution is -2.37. The number of allylic oxidation sites excluding steroid dienone is 10. The second kappa shape index (κ2) is 36.2. The minimum atomic E-state index is -4.75. The number of unbranched alkanes of at least 4 members (excludes halogenated alkanes) is 6. The zero-order valence-electron chi connectivity index (χ0n) is 39.8. The van der Waals surface area contributed by atoms with Crippen LogP contribution in [-0.2, 0) is 37.5 Å². The van der Waals surface area contributed by atoms with Crippen molar-refractivity contribution in [3.8, 4) is 0 Å². The predicted molar refractivity (Wildman–Crippen MR) is 252 cm³/mol. The lowest BCUT2D eigenvalue weighted by Gasteiger charge is -2.28. The second-order valence-electron chi connectivity index (χ2n) is 17.7. The minimum absolute atomic E-state index is 0.0572. The zero-order valence-corrected chi connectivity index (χ0v) is 40.7. The van der Waals surface area contributed by atoms with Gasteiger partial charge in [-0.25, -0.2) is 0 Å². The summed E-state index contributed by atoms with van der Waals surface area (Å²) in [6, 6.07) is 0. The molecule has 0 heterocycles. The average Bonchev–Trinajstić information content (AvgIpc) is 3.50. The number of rotatable bonds is 38. The van der Waals surface area contributed by atoms with Crippen LogP contribution in [0.5, 0.6) is 0 Å². The molecule has 13 nitrogen and oxygen atoms in total. The number of carbonyl (C=O) groups is 3. The van der Waals surface area contributed by atoms with Crippen LogP contribution in [0.4, 0.5) is 0 Å². The van der Waals surface area contributed by atoms with Gasteiger partial charge in [0, 0.05) is 43.9 Å². The van der Waals surface area contributed by atoms with Crippen molar-refractivity contribution in [2.75, 3.05) is 47.5 Å². The Kier molecular flexibility index (Phi) is 33.3. The maximum atomic E-state index is 12.9.